The lowest BCUT2D eigenvalue weighted by atomic mass is 10.3. The second-order valence-electron chi connectivity index (χ2n) is 3.95. The molecule has 0 unspecified atom stereocenters. The van der Waals surface area contributed by atoms with Crippen molar-refractivity contribution in [1.29, 1.82) is 0 Å². The summed E-state index contributed by atoms with van der Waals surface area (Å²) >= 11 is 0. The maximum Gasteiger partial charge on any atom is 0.373 e. The number of aliphatic hydroxyl groups excluding tert-OH is 1. The molecule has 1 heterocycles. The van der Waals surface area contributed by atoms with Gasteiger partial charge in [0.2, 0.25) is 11.6 Å². The van der Waals surface area contributed by atoms with Gasteiger partial charge >= 0.3 is 5.97 Å². The summed E-state index contributed by atoms with van der Waals surface area (Å²) in [6, 6.07) is 10.6. The van der Waals surface area contributed by atoms with Crippen molar-refractivity contribution in [3.05, 3.63) is 54.2 Å². The highest BCUT2D eigenvalue weighted by molar-refractivity contribution is 5.90. The molecule has 2 rings (SSSR count). The summed E-state index contributed by atoms with van der Waals surface area (Å²) in [6.45, 7) is 1.84. The fourth-order valence-electron chi connectivity index (χ4n) is 1.50. The zero-order valence-electron chi connectivity index (χ0n) is 11.4. The second kappa shape index (κ2) is 7.04. The zero-order chi connectivity index (χ0) is 15.1. The number of aliphatic hydroxyl groups is 1. The molecule has 0 amide bonds. The average Bonchev–Trinajstić information content (AvgIpc) is 2.49. The van der Waals surface area contributed by atoms with Gasteiger partial charge in [0.25, 0.3) is 0 Å². The van der Waals surface area contributed by atoms with Crippen LogP contribution < -0.4 is 4.74 Å². The Morgan fingerprint density at radius 3 is 2.76 bits per heavy atom. The van der Waals surface area contributed by atoms with Gasteiger partial charge in [-0.2, -0.15) is 0 Å². The summed E-state index contributed by atoms with van der Waals surface area (Å²) < 4.78 is 10.2. The van der Waals surface area contributed by atoms with Crippen LogP contribution in [0.1, 0.15) is 12.6 Å². The Balaban J connectivity index is 2.14. The Morgan fingerprint density at radius 2 is 2.05 bits per heavy atom. The van der Waals surface area contributed by atoms with E-state index in [2.05, 4.69) is 14.7 Å². The minimum atomic E-state index is -0.804. The lowest BCUT2D eigenvalue weighted by Gasteiger charge is -2.04. The van der Waals surface area contributed by atoms with E-state index in [-0.39, 0.29) is 6.61 Å². The molecule has 0 atom stereocenters. The SMILES string of the molecule is CCOC(=O)/C(O)=C/c1cc(Oc2ccccc2)ncn1. The number of carbonyl (C=O) groups excluding carboxylic acids is 1. The maximum absolute atomic E-state index is 11.3. The van der Waals surface area contributed by atoms with Gasteiger partial charge < -0.3 is 14.6 Å². The number of rotatable bonds is 5. The molecule has 2 aromatic rings. The van der Waals surface area contributed by atoms with Crippen molar-refractivity contribution in [3.63, 3.8) is 0 Å². The average molecular weight is 286 g/mol. The first kappa shape index (κ1) is 14.5. The molecule has 0 aliphatic carbocycles. The summed E-state index contributed by atoms with van der Waals surface area (Å²) in [7, 11) is 0. The predicted molar refractivity (Wildman–Crippen MR) is 75.8 cm³/mol. The number of para-hydroxylation sites is 1. The normalized spacial score (nSPS) is 11.0. The summed E-state index contributed by atoms with van der Waals surface area (Å²) in [6.07, 6.45) is 2.47. The van der Waals surface area contributed by atoms with Gasteiger partial charge in [-0.05, 0) is 19.1 Å². The van der Waals surface area contributed by atoms with Gasteiger partial charge in [-0.15, -0.1) is 0 Å². The standard InChI is InChI=1S/C15H14N2O4/c1-2-20-15(19)13(18)8-11-9-14(17-10-16-11)21-12-6-4-3-5-7-12/h3-10,18H,2H2,1H3/b13-8-. The zero-order valence-corrected chi connectivity index (χ0v) is 11.4. The van der Waals surface area contributed by atoms with Crippen molar-refractivity contribution in [2.45, 2.75) is 6.92 Å². The van der Waals surface area contributed by atoms with Crippen molar-refractivity contribution >= 4 is 12.0 Å². The van der Waals surface area contributed by atoms with Crippen LogP contribution in [0.15, 0.2) is 48.5 Å². The maximum atomic E-state index is 11.3. The largest absolute Gasteiger partial charge is 0.502 e. The van der Waals surface area contributed by atoms with Crippen LogP contribution in [-0.4, -0.2) is 27.7 Å². The topological polar surface area (TPSA) is 81.5 Å². The molecule has 0 saturated carbocycles. The third-order valence-electron chi connectivity index (χ3n) is 2.40. The monoisotopic (exact) mass is 286 g/mol. The van der Waals surface area contributed by atoms with Crippen LogP contribution >= 0.6 is 0 Å². The van der Waals surface area contributed by atoms with E-state index < -0.39 is 11.7 Å². The third-order valence-corrected chi connectivity index (χ3v) is 2.40. The van der Waals surface area contributed by atoms with E-state index >= 15 is 0 Å². The molecule has 0 spiro atoms. The van der Waals surface area contributed by atoms with E-state index in [1.165, 1.54) is 18.5 Å². The number of aromatic nitrogens is 2. The molecule has 108 valence electrons. The van der Waals surface area contributed by atoms with E-state index in [0.29, 0.717) is 17.3 Å². The van der Waals surface area contributed by atoms with Crippen LogP contribution in [0, 0.1) is 0 Å². The number of nitrogens with zero attached hydrogens (tertiary/aromatic N) is 2. The Morgan fingerprint density at radius 1 is 1.29 bits per heavy atom. The quantitative estimate of drug-likeness (QED) is 0.517. The summed E-state index contributed by atoms with van der Waals surface area (Å²) in [5.74, 6) is -0.400. The van der Waals surface area contributed by atoms with Crippen LogP contribution in [0.4, 0.5) is 0 Å². The predicted octanol–water partition coefficient (Wildman–Crippen LogP) is 2.73. The first-order valence-electron chi connectivity index (χ1n) is 6.31. The minimum Gasteiger partial charge on any atom is -0.502 e. The van der Waals surface area contributed by atoms with Gasteiger partial charge in [-0.1, -0.05) is 18.2 Å². The fourth-order valence-corrected chi connectivity index (χ4v) is 1.50. The molecule has 1 aromatic heterocycles. The molecule has 21 heavy (non-hydrogen) atoms. The van der Waals surface area contributed by atoms with Crippen LogP contribution in [0.2, 0.25) is 0 Å². The van der Waals surface area contributed by atoms with Crippen LogP contribution in [-0.2, 0) is 9.53 Å². The van der Waals surface area contributed by atoms with Crippen molar-refractivity contribution in [1.82, 2.24) is 9.97 Å². The van der Waals surface area contributed by atoms with Crippen LogP contribution in [0.25, 0.3) is 6.08 Å². The number of carbonyl (C=O) groups is 1. The van der Waals surface area contributed by atoms with Gasteiger partial charge in [0.15, 0.2) is 0 Å². The molecule has 0 bridgehead atoms. The molecule has 0 saturated heterocycles. The van der Waals surface area contributed by atoms with E-state index in [1.807, 2.05) is 18.2 Å². The highest BCUT2D eigenvalue weighted by Gasteiger charge is 2.09. The van der Waals surface area contributed by atoms with Gasteiger partial charge in [-0.25, -0.2) is 14.8 Å². The first-order chi connectivity index (χ1) is 10.2. The van der Waals surface area contributed by atoms with Gasteiger partial charge in [0.1, 0.15) is 12.1 Å². The summed E-state index contributed by atoms with van der Waals surface area (Å²) in [4.78, 5) is 19.2. The minimum absolute atomic E-state index is 0.183. The van der Waals surface area contributed by atoms with Crippen molar-refractivity contribution in [3.8, 4) is 11.6 Å². The fraction of sp³-hybridized carbons (Fsp3) is 0.133. The van der Waals surface area contributed by atoms with Crippen LogP contribution in [0.3, 0.4) is 0 Å². The van der Waals surface area contributed by atoms with Crippen molar-refractivity contribution in [2.24, 2.45) is 0 Å². The molecule has 0 aliphatic heterocycles. The molecule has 6 heteroatoms. The van der Waals surface area contributed by atoms with Gasteiger partial charge in [-0.3, -0.25) is 0 Å². The second-order valence-corrected chi connectivity index (χ2v) is 3.95. The van der Waals surface area contributed by atoms with E-state index in [9.17, 15) is 9.90 Å². The Hall–Kier alpha value is -2.89. The molecular weight excluding hydrogens is 272 g/mol. The number of ether oxygens (including phenoxy) is 2. The molecule has 0 fully saturated rings. The van der Waals surface area contributed by atoms with E-state index in [1.54, 1.807) is 19.1 Å². The Labute approximate surface area is 121 Å². The molecule has 1 N–H and O–H groups in total. The van der Waals surface area contributed by atoms with E-state index in [0.717, 1.165) is 0 Å². The number of esters is 1. The van der Waals surface area contributed by atoms with Crippen molar-refractivity contribution in [2.75, 3.05) is 6.61 Å². The molecule has 0 aliphatic rings. The molecule has 1 aromatic carbocycles. The number of benzene rings is 1. The lowest BCUT2D eigenvalue weighted by Crippen LogP contribution is -2.07. The summed E-state index contributed by atoms with van der Waals surface area (Å²) in [5, 5.41) is 9.57. The lowest BCUT2D eigenvalue weighted by molar-refractivity contribution is -0.141. The Kier molecular flexibility index (Phi) is 4.87. The first-order valence-corrected chi connectivity index (χ1v) is 6.31. The van der Waals surface area contributed by atoms with E-state index in [4.69, 9.17) is 4.74 Å². The Bertz CT molecular complexity index is 641. The summed E-state index contributed by atoms with van der Waals surface area (Å²) in [5.41, 5.74) is 0.335. The smallest absolute Gasteiger partial charge is 0.373 e. The van der Waals surface area contributed by atoms with Crippen LogP contribution in [0.5, 0.6) is 11.6 Å². The molecular formula is C15H14N2O4. The molecule has 6 nitrogen and oxygen atoms in total. The highest BCUT2D eigenvalue weighted by Crippen LogP contribution is 2.19. The van der Waals surface area contributed by atoms with Gasteiger partial charge in [0.05, 0.1) is 12.3 Å². The highest BCUT2D eigenvalue weighted by atomic mass is 16.5. The number of hydrogen-bond acceptors (Lipinski definition) is 6. The molecule has 0 radical (unpaired) electrons. The van der Waals surface area contributed by atoms with Crippen molar-refractivity contribution < 1.29 is 19.4 Å². The number of hydrogen-bond donors (Lipinski definition) is 1. The third kappa shape index (κ3) is 4.31. The van der Waals surface area contributed by atoms with Gasteiger partial charge in [0, 0.05) is 12.1 Å².